The molecular weight excluding hydrogens is 344 g/mol. The van der Waals surface area contributed by atoms with Gasteiger partial charge in [0.2, 0.25) is 5.91 Å². The van der Waals surface area contributed by atoms with Gasteiger partial charge in [-0.1, -0.05) is 29.8 Å². The van der Waals surface area contributed by atoms with Gasteiger partial charge in [0.15, 0.2) is 0 Å². The third kappa shape index (κ3) is 3.37. The lowest BCUT2D eigenvalue weighted by molar-refractivity contribution is -0.121. The van der Waals surface area contributed by atoms with Crippen molar-refractivity contribution in [1.29, 1.82) is 0 Å². The molecule has 1 aliphatic heterocycles. The van der Waals surface area contributed by atoms with Gasteiger partial charge in [0, 0.05) is 4.90 Å². The van der Waals surface area contributed by atoms with E-state index in [1.165, 1.54) is 22.3 Å². The first-order chi connectivity index (χ1) is 12.6. The Labute approximate surface area is 156 Å². The van der Waals surface area contributed by atoms with Gasteiger partial charge in [-0.25, -0.2) is 9.67 Å². The molecule has 0 saturated carbocycles. The van der Waals surface area contributed by atoms with Gasteiger partial charge < -0.3 is 5.32 Å². The van der Waals surface area contributed by atoms with Crippen molar-refractivity contribution in [3.8, 4) is 5.69 Å². The zero-order valence-corrected chi connectivity index (χ0v) is 15.5. The number of aromatic nitrogens is 3. The van der Waals surface area contributed by atoms with Crippen LogP contribution in [0.3, 0.4) is 0 Å². The first kappa shape index (κ1) is 16.8. The molecule has 0 spiro atoms. The van der Waals surface area contributed by atoms with Crippen molar-refractivity contribution >= 4 is 17.7 Å². The van der Waals surface area contributed by atoms with Gasteiger partial charge in [0.25, 0.3) is 0 Å². The number of thioether (sulfide) groups is 1. The smallest absolute Gasteiger partial charge is 0.234 e. The van der Waals surface area contributed by atoms with E-state index in [0.717, 1.165) is 17.7 Å². The van der Waals surface area contributed by atoms with Gasteiger partial charge in [-0.15, -0.1) is 11.8 Å². The Balaban J connectivity index is 1.40. The summed E-state index contributed by atoms with van der Waals surface area (Å²) in [6.07, 6.45) is 3.97. The number of carbonyl (C=O) groups is 1. The van der Waals surface area contributed by atoms with Crippen molar-refractivity contribution in [3.63, 3.8) is 0 Å². The van der Waals surface area contributed by atoms with E-state index < -0.39 is 0 Å². The van der Waals surface area contributed by atoms with Crippen LogP contribution >= 0.6 is 11.8 Å². The zero-order chi connectivity index (χ0) is 18.1. The molecule has 0 aliphatic carbocycles. The molecule has 0 bridgehead atoms. The van der Waals surface area contributed by atoms with Gasteiger partial charge in [-0.2, -0.15) is 5.10 Å². The minimum atomic E-state index is -0.0522. The van der Waals surface area contributed by atoms with Crippen LogP contribution in [0, 0.1) is 6.92 Å². The van der Waals surface area contributed by atoms with Crippen LogP contribution in [0.5, 0.6) is 0 Å². The van der Waals surface area contributed by atoms with E-state index in [9.17, 15) is 4.79 Å². The van der Waals surface area contributed by atoms with E-state index in [2.05, 4.69) is 40.5 Å². The Morgan fingerprint density at radius 1 is 1.27 bits per heavy atom. The first-order valence-corrected chi connectivity index (χ1v) is 9.49. The molecule has 1 N–H and O–H groups in total. The Morgan fingerprint density at radius 3 is 2.81 bits per heavy atom. The average molecular weight is 364 g/mol. The van der Waals surface area contributed by atoms with Crippen LogP contribution in [0.25, 0.3) is 5.69 Å². The number of nitrogens with zero attached hydrogens (tertiary/aromatic N) is 3. The quantitative estimate of drug-likeness (QED) is 0.770. The summed E-state index contributed by atoms with van der Waals surface area (Å²) in [6.45, 7) is 4.10. The molecule has 1 amide bonds. The minimum absolute atomic E-state index is 0.0432. The highest BCUT2D eigenvalue weighted by Crippen LogP contribution is 2.37. The second-order valence-electron chi connectivity index (χ2n) is 6.58. The predicted octanol–water partition coefficient (Wildman–Crippen LogP) is 3.47. The summed E-state index contributed by atoms with van der Waals surface area (Å²) in [5.41, 5.74) is 4.52. The summed E-state index contributed by atoms with van der Waals surface area (Å²) < 4.78 is 1.71. The second kappa shape index (κ2) is 6.96. The van der Waals surface area contributed by atoms with Crippen molar-refractivity contribution in [2.75, 3.05) is 0 Å². The number of nitrogens with one attached hydrogen (secondary N) is 1. The maximum Gasteiger partial charge on any atom is 0.234 e. The Hall–Kier alpha value is -2.60. The van der Waals surface area contributed by atoms with Crippen LogP contribution in [-0.2, 0) is 11.2 Å². The Morgan fingerprint density at radius 2 is 2.08 bits per heavy atom. The topological polar surface area (TPSA) is 59.8 Å². The highest BCUT2D eigenvalue weighted by atomic mass is 32.2. The molecule has 2 atom stereocenters. The van der Waals surface area contributed by atoms with Gasteiger partial charge in [-0.05, 0) is 49.6 Å². The first-order valence-electron chi connectivity index (χ1n) is 8.61. The fourth-order valence-electron chi connectivity index (χ4n) is 3.13. The highest BCUT2D eigenvalue weighted by Gasteiger charge is 2.29. The van der Waals surface area contributed by atoms with Gasteiger partial charge in [0.05, 0.1) is 17.0 Å². The second-order valence-corrected chi connectivity index (χ2v) is 7.83. The summed E-state index contributed by atoms with van der Waals surface area (Å²) in [7, 11) is 0. The summed E-state index contributed by atoms with van der Waals surface area (Å²) in [6, 6.07) is 14.4. The molecule has 26 heavy (non-hydrogen) atoms. The monoisotopic (exact) mass is 364 g/mol. The van der Waals surface area contributed by atoms with E-state index in [-0.39, 0.29) is 17.2 Å². The third-order valence-corrected chi connectivity index (χ3v) is 5.92. The van der Waals surface area contributed by atoms with Crippen LogP contribution in [-0.4, -0.2) is 25.9 Å². The van der Waals surface area contributed by atoms with Crippen LogP contribution in [0.1, 0.15) is 29.7 Å². The Bertz CT molecular complexity index is 921. The zero-order valence-electron chi connectivity index (χ0n) is 14.7. The molecule has 5 nitrogen and oxygen atoms in total. The number of fused-ring (bicyclic) bond motifs is 1. The van der Waals surface area contributed by atoms with Crippen molar-refractivity contribution in [2.24, 2.45) is 0 Å². The number of amides is 1. The summed E-state index contributed by atoms with van der Waals surface area (Å²) in [4.78, 5) is 17.9. The molecule has 2 heterocycles. The lowest BCUT2D eigenvalue weighted by Gasteiger charge is -2.17. The largest absolute Gasteiger partial charge is 0.349 e. The SMILES string of the molecule is Cc1ccc2c(c1)S[C@@H](C(=O)N[C@@H](C)c1ccc(-n3cncn3)cc1)C2. The van der Waals surface area contributed by atoms with Gasteiger partial charge in [0.1, 0.15) is 12.7 Å². The molecule has 0 fully saturated rings. The standard InChI is InChI=1S/C20H20N4OS/c1-13-3-4-16-10-19(26-18(16)9-13)20(25)23-14(2)15-5-7-17(8-6-15)24-12-21-11-22-24/h3-9,11-12,14,19H,10H2,1-2H3,(H,23,25)/t14-,19+/m0/s1. The van der Waals surface area contributed by atoms with Crippen LogP contribution in [0.15, 0.2) is 60.0 Å². The van der Waals surface area contributed by atoms with E-state index >= 15 is 0 Å². The van der Waals surface area contributed by atoms with Crippen LogP contribution < -0.4 is 5.32 Å². The summed E-state index contributed by atoms with van der Waals surface area (Å²) in [5.74, 6) is 0.0942. The molecule has 0 unspecified atom stereocenters. The molecule has 4 rings (SSSR count). The number of benzene rings is 2. The average Bonchev–Trinajstić information content (AvgIpc) is 3.31. The van der Waals surface area contributed by atoms with Crippen LogP contribution in [0.2, 0.25) is 0 Å². The van der Waals surface area contributed by atoms with Gasteiger partial charge >= 0.3 is 0 Å². The number of rotatable bonds is 4. The van der Waals surface area contributed by atoms with Crippen LogP contribution in [0.4, 0.5) is 0 Å². The molecule has 3 aromatic rings. The van der Waals surface area contributed by atoms with Crippen molar-refractivity contribution < 1.29 is 4.79 Å². The number of hydrogen-bond donors (Lipinski definition) is 1. The van der Waals surface area contributed by atoms with E-state index in [4.69, 9.17) is 0 Å². The lowest BCUT2D eigenvalue weighted by atomic mass is 10.1. The van der Waals surface area contributed by atoms with Crippen molar-refractivity contribution in [2.45, 2.75) is 36.5 Å². The summed E-state index contributed by atoms with van der Waals surface area (Å²) >= 11 is 1.67. The lowest BCUT2D eigenvalue weighted by Crippen LogP contribution is -2.34. The fraction of sp³-hybridized carbons (Fsp3) is 0.250. The Kier molecular flexibility index (Phi) is 4.51. The molecule has 1 aliphatic rings. The van der Waals surface area contributed by atoms with Gasteiger partial charge in [-0.3, -0.25) is 4.79 Å². The molecule has 2 aromatic carbocycles. The highest BCUT2D eigenvalue weighted by molar-refractivity contribution is 8.01. The van der Waals surface area contributed by atoms with E-state index in [1.54, 1.807) is 22.8 Å². The fourth-order valence-corrected chi connectivity index (χ4v) is 4.43. The third-order valence-electron chi connectivity index (χ3n) is 4.62. The van der Waals surface area contributed by atoms with E-state index in [0.29, 0.717) is 0 Å². The van der Waals surface area contributed by atoms with E-state index in [1.807, 2.05) is 31.2 Å². The number of carbonyl (C=O) groups excluding carboxylic acids is 1. The molecule has 132 valence electrons. The number of hydrogen-bond acceptors (Lipinski definition) is 4. The molecule has 1 aromatic heterocycles. The summed E-state index contributed by atoms with van der Waals surface area (Å²) in [5, 5.41) is 7.22. The predicted molar refractivity (Wildman–Crippen MR) is 102 cm³/mol. The molecule has 0 saturated heterocycles. The minimum Gasteiger partial charge on any atom is -0.349 e. The molecule has 6 heteroatoms. The van der Waals surface area contributed by atoms with Crippen molar-refractivity contribution in [1.82, 2.24) is 20.1 Å². The normalized spacial score (nSPS) is 16.9. The molecular formula is C20H20N4OS. The maximum atomic E-state index is 12.7. The number of aryl methyl sites for hydroxylation is 1. The van der Waals surface area contributed by atoms with Crippen molar-refractivity contribution in [3.05, 3.63) is 71.8 Å². The molecule has 0 radical (unpaired) electrons. The maximum absolute atomic E-state index is 12.7.